The van der Waals surface area contributed by atoms with Crippen LogP contribution in [0.1, 0.15) is 18.4 Å². The predicted molar refractivity (Wildman–Crippen MR) is 60.1 cm³/mol. The average molecular weight is 221 g/mol. The number of ether oxygens (including phenoxy) is 2. The number of rotatable bonds is 7. The van der Waals surface area contributed by atoms with Gasteiger partial charge in [0.15, 0.2) is 5.75 Å². The number of epoxide rings is 1. The first kappa shape index (κ1) is 11.4. The van der Waals surface area contributed by atoms with Crippen LogP contribution in [0.15, 0.2) is 24.3 Å². The van der Waals surface area contributed by atoms with Crippen molar-refractivity contribution in [3.8, 4) is 5.75 Å². The molecule has 1 saturated heterocycles. The molecule has 1 unspecified atom stereocenters. The van der Waals surface area contributed by atoms with Crippen LogP contribution in [0.3, 0.4) is 0 Å². The van der Waals surface area contributed by atoms with Crippen LogP contribution in [0.2, 0.25) is 0 Å². The van der Waals surface area contributed by atoms with E-state index in [4.69, 9.17) is 9.47 Å². The van der Waals surface area contributed by atoms with Crippen molar-refractivity contribution in [1.82, 2.24) is 0 Å². The molecule has 0 N–H and O–H groups in total. The number of unbranched alkanes of at least 4 members (excludes halogenated alkanes) is 1. The van der Waals surface area contributed by atoms with E-state index < -0.39 is 0 Å². The molecule has 3 heteroatoms. The minimum Gasteiger partial charge on any atom is -0.379 e. The van der Waals surface area contributed by atoms with E-state index in [-0.39, 0.29) is 5.75 Å². The summed E-state index contributed by atoms with van der Waals surface area (Å²) in [5.74, 6) is 0.148. The number of benzene rings is 1. The van der Waals surface area contributed by atoms with Gasteiger partial charge in [0.25, 0.3) is 0 Å². The third-order valence-corrected chi connectivity index (χ3v) is 2.66. The smallest absolute Gasteiger partial charge is 0.181 e. The minimum absolute atomic E-state index is 0.148. The van der Waals surface area contributed by atoms with Gasteiger partial charge in [0, 0.05) is 6.61 Å². The first-order valence-electron chi connectivity index (χ1n) is 5.80. The fraction of sp³-hybridized carbons (Fsp3) is 0.538. The van der Waals surface area contributed by atoms with Crippen molar-refractivity contribution in [2.45, 2.75) is 25.4 Å². The van der Waals surface area contributed by atoms with E-state index in [1.165, 1.54) is 0 Å². The van der Waals surface area contributed by atoms with Gasteiger partial charge in [0.1, 0.15) is 6.10 Å². The Bertz CT molecular complexity index is 321. The van der Waals surface area contributed by atoms with Crippen LogP contribution in [-0.4, -0.2) is 25.9 Å². The zero-order chi connectivity index (χ0) is 11.2. The van der Waals surface area contributed by atoms with Crippen LogP contribution < -0.4 is 0 Å². The lowest BCUT2D eigenvalue weighted by molar-refractivity contribution is 0.113. The lowest BCUT2D eigenvalue weighted by atomic mass is 10.1. The average Bonchev–Trinajstić information content (AvgIpc) is 3.09. The maximum Gasteiger partial charge on any atom is 0.181 e. The van der Waals surface area contributed by atoms with E-state index in [1.807, 2.05) is 12.1 Å². The molecule has 0 amide bonds. The molecule has 1 radical (unpaired) electrons. The van der Waals surface area contributed by atoms with Gasteiger partial charge in [0.2, 0.25) is 0 Å². The molecule has 3 nitrogen and oxygen atoms in total. The molecule has 1 fully saturated rings. The van der Waals surface area contributed by atoms with Gasteiger partial charge in [-0.05, 0) is 30.9 Å². The van der Waals surface area contributed by atoms with Gasteiger partial charge in [-0.15, -0.1) is 0 Å². The molecule has 87 valence electrons. The lowest BCUT2D eigenvalue weighted by Gasteiger charge is -2.03. The fourth-order valence-electron chi connectivity index (χ4n) is 1.61. The fourth-order valence-corrected chi connectivity index (χ4v) is 1.61. The van der Waals surface area contributed by atoms with Gasteiger partial charge in [-0.25, -0.2) is 0 Å². The summed E-state index contributed by atoms with van der Waals surface area (Å²) in [7, 11) is 0. The summed E-state index contributed by atoms with van der Waals surface area (Å²) >= 11 is 0. The Kier molecular flexibility index (Phi) is 4.19. The second-order valence-electron chi connectivity index (χ2n) is 4.10. The third-order valence-electron chi connectivity index (χ3n) is 2.66. The van der Waals surface area contributed by atoms with Gasteiger partial charge in [-0.3, -0.25) is 5.11 Å². The normalized spacial score (nSPS) is 18.6. The standard InChI is InChI=1S/C13H17O3/c14-13-7-2-1-5-11(13)6-3-4-8-15-9-12-10-16-12/h1-2,5,7,12H,3-4,6,8-10H2. The number of aryl methyl sites for hydroxylation is 1. The molecule has 2 rings (SSSR count). The van der Waals surface area contributed by atoms with E-state index in [0.29, 0.717) is 6.10 Å². The highest BCUT2D eigenvalue weighted by Gasteiger charge is 2.21. The van der Waals surface area contributed by atoms with E-state index in [0.717, 1.165) is 44.6 Å². The number of hydrogen-bond donors (Lipinski definition) is 0. The summed E-state index contributed by atoms with van der Waals surface area (Å²) in [6.45, 7) is 2.34. The topological polar surface area (TPSA) is 41.7 Å². The Labute approximate surface area is 96.0 Å². The third kappa shape index (κ3) is 3.83. The van der Waals surface area contributed by atoms with E-state index in [2.05, 4.69) is 0 Å². The largest absolute Gasteiger partial charge is 0.379 e. The van der Waals surface area contributed by atoms with Crippen LogP contribution in [0.25, 0.3) is 0 Å². The molecule has 0 saturated carbocycles. The molecule has 1 aromatic rings. The maximum atomic E-state index is 11.4. The van der Waals surface area contributed by atoms with Gasteiger partial charge < -0.3 is 9.47 Å². The Balaban J connectivity index is 1.55. The first-order valence-corrected chi connectivity index (χ1v) is 5.80. The van der Waals surface area contributed by atoms with E-state index in [1.54, 1.807) is 12.1 Å². The second kappa shape index (κ2) is 5.87. The van der Waals surface area contributed by atoms with Crippen LogP contribution >= 0.6 is 0 Å². The molecule has 0 spiro atoms. The SMILES string of the molecule is [O]c1ccccc1CCCCOCC1CO1. The summed E-state index contributed by atoms with van der Waals surface area (Å²) in [6.07, 6.45) is 3.21. The van der Waals surface area contributed by atoms with Crippen molar-refractivity contribution in [2.75, 3.05) is 19.8 Å². The summed E-state index contributed by atoms with van der Waals surface area (Å²) < 4.78 is 10.5. The Hall–Kier alpha value is -1.06. The molecule has 0 bridgehead atoms. The second-order valence-corrected chi connectivity index (χ2v) is 4.10. The van der Waals surface area contributed by atoms with Crippen molar-refractivity contribution >= 4 is 0 Å². The molecule has 1 atom stereocenters. The molecule has 16 heavy (non-hydrogen) atoms. The Morgan fingerprint density at radius 1 is 1.31 bits per heavy atom. The van der Waals surface area contributed by atoms with Gasteiger partial charge >= 0.3 is 0 Å². The summed E-state index contributed by atoms with van der Waals surface area (Å²) in [6, 6.07) is 7.22. The summed E-state index contributed by atoms with van der Waals surface area (Å²) in [5, 5.41) is 11.4. The van der Waals surface area contributed by atoms with Crippen LogP contribution in [0, 0.1) is 0 Å². The van der Waals surface area contributed by atoms with Gasteiger partial charge in [0.05, 0.1) is 13.2 Å². The molecule has 1 aromatic carbocycles. The van der Waals surface area contributed by atoms with Crippen molar-refractivity contribution in [3.05, 3.63) is 29.8 Å². The van der Waals surface area contributed by atoms with Gasteiger partial charge in [-0.2, -0.15) is 0 Å². The highest BCUT2D eigenvalue weighted by molar-refractivity contribution is 5.31. The molecular weight excluding hydrogens is 204 g/mol. The van der Waals surface area contributed by atoms with Crippen molar-refractivity contribution in [2.24, 2.45) is 0 Å². The van der Waals surface area contributed by atoms with Crippen LogP contribution in [-0.2, 0) is 21.0 Å². The predicted octanol–water partition coefficient (Wildman–Crippen LogP) is 2.57. The zero-order valence-electron chi connectivity index (χ0n) is 9.35. The quantitative estimate of drug-likeness (QED) is 0.524. The van der Waals surface area contributed by atoms with Crippen LogP contribution in [0.5, 0.6) is 5.75 Å². The molecular formula is C13H17O3. The van der Waals surface area contributed by atoms with Crippen LogP contribution in [0.4, 0.5) is 0 Å². The van der Waals surface area contributed by atoms with Crippen molar-refractivity contribution in [1.29, 1.82) is 0 Å². The van der Waals surface area contributed by atoms with E-state index >= 15 is 0 Å². The molecule has 0 aromatic heterocycles. The number of para-hydroxylation sites is 1. The van der Waals surface area contributed by atoms with Crippen molar-refractivity contribution < 1.29 is 14.6 Å². The first-order chi connectivity index (χ1) is 7.86. The minimum atomic E-state index is 0.148. The highest BCUT2D eigenvalue weighted by atomic mass is 16.6. The number of hydrogen-bond acceptors (Lipinski definition) is 2. The van der Waals surface area contributed by atoms with E-state index in [9.17, 15) is 5.11 Å². The Morgan fingerprint density at radius 3 is 2.88 bits per heavy atom. The van der Waals surface area contributed by atoms with Gasteiger partial charge in [-0.1, -0.05) is 18.2 Å². The van der Waals surface area contributed by atoms with Crippen molar-refractivity contribution in [3.63, 3.8) is 0 Å². The molecule has 1 aliphatic rings. The maximum absolute atomic E-state index is 11.4. The molecule has 1 heterocycles. The Morgan fingerprint density at radius 2 is 2.12 bits per heavy atom. The lowest BCUT2D eigenvalue weighted by Crippen LogP contribution is -2.02. The summed E-state index contributed by atoms with van der Waals surface area (Å²) in [5.41, 5.74) is 0.910. The molecule has 0 aliphatic carbocycles. The zero-order valence-corrected chi connectivity index (χ0v) is 9.35. The highest BCUT2D eigenvalue weighted by Crippen LogP contribution is 2.18. The monoisotopic (exact) mass is 221 g/mol. The summed E-state index contributed by atoms with van der Waals surface area (Å²) in [4.78, 5) is 0. The molecule has 1 aliphatic heterocycles.